The van der Waals surface area contributed by atoms with E-state index in [9.17, 15) is 9.59 Å². The first-order valence-corrected chi connectivity index (χ1v) is 7.02. The van der Waals surface area contributed by atoms with Gasteiger partial charge in [0.25, 0.3) is 0 Å². The number of amides is 1. The molecule has 1 atom stereocenters. The standard InChI is InChI=1S/C16H14BrNO2/c17-15-7-5-14(6-8-15)13-3-1-12(2-4-13)9-16(10-19)18-11-20/h1-8,10-11,16H,9H2,(H,18,20). The Hall–Kier alpha value is -1.94. The van der Waals surface area contributed by atoms with Gasteiger partial charge in [-0.25, -0.2) is 0 Å². The van der Waals surface area contributed by atoms with E-state index in [0.717, 1.165) is 27.4 Å². The summed E-state index contributed by atoms with van der Waals surface area (Å²) < 4.78 is 1.05. The molecule has 1 unspecified atom stereocenters. The summed E-state index contributed by atoms with van der Waals surface area (Å²) >= 11 is 3.41. The lowest BCUT2D eigenvalue weighted by Gasteiger charge is -2.09. The van der Waals surface area contributed by atoms with Crippen molar-refractivity contribution in [1.29, 1.82) is 0 Å². The van der Waals surface area contributed by atoms with Crippen LogP contribution in [0.3, 0.4) is 0 Å². The zero-order chi connectivity index (χ0) is 14.4. The highest BCUT2D eigenvalue weighted by atomic mass is 79.9. The molecule has 3 nitrogen and oxygen atoms in total. The molecular formula is C16H14BrNO2. The average molecular weight is 332 g/mol. The molecule has 0 aromatic heterocycles. The highest BCUT2D eigenvalue weighted by Gasteiger charge is 2.06. The van der Waals surface area contributed by atoms with Crippen LogP contribution in [0.2, 0.25) is 0 Å². The molecule has 0 saturated carbocycles. The Morgan fingerprint density at radius 3 is 2.00 bits per heavy atom. The number of aldehydes is 1. The molecule has 0 radical (unpaired) electrons. The van der Waals surface area contributed by atoms with Crippen LogP contribution in [0.15, 0.2) is 53.0 Å². The summed E-state index contributed by atoms with van der Waals surface area (Å²) in [5.41, 5.74) is 3.27. The Morgan fingerprint density at radius 1 is 0.950 bits per heavy atom. The molecule has 2 aromatic rings. The van der Waals surface area contributed by atoms with Gasteiger partial charge in [0.15, 0.2) is 0 Å². The van der Waals surface area contributed by atoms with Crippen molar-refractivity contribution < 1.29 is 9.59 Å². The predicted octanol–water partition coefficient (Wildman–Crippen LogP) is 2.97. The maximum absolute atomic E-state index is 10.8. The lowest BCUT2D eigenvalue weighted by atomic mass is 10.0. The Morgan fingerprint density at radius 2 is 1.50 bits per heavy atom. The van der Waals surface area contributed by atoms with Gasteiger partial charge in [0.2, 0.25) is 6.41 Å². The third-order valence-corrected chi connectivity index (χ3v) is 3.56. The van der Waals surface area contributed by atoms with Crippen molar-refractivity contribution in [3.63, 3.8) is 0 Å². The van der Waals surface area contributed by atoms with Gasteiger partial charge in [-0.3, -0.25) is 4.79 Å². The van der Waals surface area contributed by atoms with Crippen molar-refractivity contribution >= 4 is 28.6 Å². The highest BCUT2D eigenvalue weighted by molar-refractivity contribution is 9.10. The molecule has 0 heterocycles. The van der Waals surface area contributed by atoms with Gasteiger partial charge in [-0.2, -0.15) is 0 Å². The Bertz CT molecular complexity index is 578. The second kappa shape index (κ2) is 7.01. The molecule has 0 aliphatic heterocycles. The first-order chi connectivity index (χ1) is 9.72. The first kappa shape index (κ1) is 14.5. The number of benzene rings is 2. The van der Waals surface area contributed by atoms with Crippen LogP contribution in [-0.4, -0.2) is 18.7 Å². The quantitative estimate of drug-likeness (QED) is 0.827. The lowest BCUT2D eigenvalue weighted by molar-refractivity contribution is -0.115. The van der Waals surface area contributed by atoms with Gasteiger partial charge in [-0.15, -0.1) is 0 Å². The van der Waals surface area contributed by atoms with Crippen LogP contribution in [0.5, 0.6) is 0 Å². The number of hydrogen-bond donors (Lipinski definition) is 1. The van der Waals surface area contributed by atoms with Gasteiger partial charge in [0.05, 0.1) is 6.04 Å². The van der Waals surface area contributed by atoms with E-state index in [2.05, 4.69) is 21.2 Å². The van der Waals surface area contributed by atoms with Gasteiger partial charge >= 0.3 is 0 Å². The molecular weight excluding hydrogens is 318 g/mol. The monoisotopic (exact) mass is 331 g/mol. The van der Waals surface area contributed by atoms with Crippen LogP contribution >= 0.6 is 15.9 Å². The largest absolute Gasteiger partial charge is 0.349 e. The normalized spacial score (nSPS) is 11.7. The highest BCUT2D eigenvalue weighted by Crippen LogP contribution is 2.22. The number of rotatable bonds is 6. The van der Waals surface area contributed by atoms with E-state index in [0.29, 0.717) is 12.8 Å². The Balaban J connectivity index is 2.11. The molecule has 20 heavy (non-hydrogen) atoms. The zero-order valence-corrected chi connectivity index (χ0v) is 12.3. The molecule has 0 bridgehead atoms. The SMILES string of the molecule is O=CNC(C=O)Cc1ccc(-c2ccc(Br)cc2)cc1. The second-order valence-corrected chi connectivity index (χ2v) is 5.35. The Kier molecular flexibility index (Phi) is 5.07. The molecule has 2 aromatic carbocycles. The number of carbonyl (C=O) groups excluding carboxylic acids is 2. The van der Waals surface area contributed by atoms with Crippen LogP contribution < -0.4 is 5.32 Å². The van der Waals surface area contributed by atoms with Crippen LogP contribution in [0.1, 0.15) is 5.56 Å². The van der Waals surface area contributed by atoms with Crippen molar-refractivity contribution in [3.05, 3.63) is 58.6 Å². The summed E-state index contributed by atoms with van der Waals surface area (Å²) in [6.07, 6.45) is 1.80. The maximum atomic E-state index is 10.8. The van der Waals surface area contributed by atoms with E-state index in [1.54, 1.807) is 0 Å². The molecule has 1 amide bonds. The molecule has 2 rings (SSSR count). The predicted molar refractivity (Wildman–Crippen MR) is 82.3 cm³/mol. The van der Waals surface area contributed by atoms with E-state index >= 15 is 0 Å². The molecule has 102 valence electrons. The summed E-state index contributed by atoms with van der Waals surface area (Å²) in [7, 11) is 0. The molecule has 1 N–H and O–H groups in total. The van der Waals surface area contributed by atoms with Gasteiger partial charge < -0.3 is 10.1 Å². The minimum Gasteiger partial charge on any atom is -0.349 e. The molecule has 0 fully saturated rings. The zero-order valence-electron chi connectivity index (χ0n) is 10.8. The fraction of sp³-hybridized carbons (Fsp3) is 0.125. The van der Waals surface area contributed by atoms with E-state index in [-0.39, 0.29) is 0 Å². The van der Waals surface area contributed by atoms with Crippen LogP contribution in [0.4, 0.5) is 0 Å². The van der Waals surface area contributed by atoms with Gasteiger partial charge in [-0.05, 0) is 35.2 Å². The number of hydrogen-bond acceptors (Lipinski definition) is 2. The molecule has 0 aliphatic rings. The van der Waals surface area contributed by atoms with Crippen LogP contribution in [0, 0.1) is 0 Å². The van der Waals surface area contributed by atoms with Crippen LogP contribution in [0.25, 0.3) is 11.1 Å². The fourth-order valence-electron chi connectivity index (χ4n) is 1.96. The van der Waals surface area contributed by atoms with Crippen molar-refractivity contribution in [2.75, 3.05) is 0 Å². The van der Waals surface area contributed by atoms with E-state index in [4.69, 9.17) is 0 Å². The molecule has 4 heteroatoms. The van der Waals surface area contributed by atoms with Gasteiger partial charge in [-0.1, -0.05) is 52.3 Å². The minimum absolute atomic E-state index is 0.467. The van der Waals surface area contributed by atoms with Crippen LogP contribution in [-0.2, 0) is 16.0 Å². The topological polar surface area (TPSA) is 46.2 Å². The van der Waals surface area contributed by atoms with Crippen molar-refractivity contribution in [2.24, 2.45) is 0 Å². The average Bonchev–Trinajstić information content (AvgIpc) is 2.48. The summed E-state index contributed by atoms with van der Waals surface area (Å²) in [5.74, 6) is 0. The summed E-state index contributed by atoms with van der Waals surface area (Å²) in [6, 6.07) is 15.6. The maximum Gasteiger partial charge on any atom is 0.207 e. The van der Waals surface area contributed by atoms with Crippen molar-refractivity contribution in [2.45, 2.75) is 12.5 Å². The van der Waals surface area contributed by atoms with E-state index < -0.39 is 6.04 Å². The second-order valence-electron chi connectivity index (χ2n) is 4.44. The number of nitrogens with one attached hydrogen (secondary N) is 1. The molecule has 0 spiro atoms. The first-order valence-electron chi connectivity index (χ1n) is 6.23. The third-order valence-electron chi connectivity index (χ3n) is 3.03. The Labute approximate surface area is 126 Å². The summed E-state index contributed by atoms with van der Waals surface area (Å²) in [6.45, 7) is 0. The van der Waals surface area contributed by atoms with Crippen molar-refractivity contribution in [1.82, 2.24) is 5.32 Å². The summed E-state index contributed by atoms with van der Waals surface area (Å²) in [4.78, 5) is 21.2. The number of carbonyl (C=O) groups is 2. The number of halogens is 1. The molecule has 0 saturated heterocycles. The van der Waals surface area contributed by atoms with Crippen molar-refractivity contribution in [3.8, 4) is 11.1 Å². The smallest absolute Gasteiger partial charge is 0.207 e. The lowest BCUT2D eigenvalue weighted by Crippen LogP contribution is -2.31. The summed E-state index contributed by atoms with van der Waals surface area (Å²) in [5, 5.41) is 2.48. The van der Waals surface area contributed by atoms with Gasteiger partial charge in [0, 0.05) is 4.47 Å². The minimum atomic E-state index is -0.467. The molecule has 0 aliphatic carbocycles. The third kappa shape index (κ3) is 3.78. The van der Waals surface area contributed by atoms with E-state index in [1.165, 1.54) is 0 Å². The van der Waals surface area contributed by atoms with Gasteiger partial charge in [0.1, 0.15) is 6.29 Å². The van der Waals surface area contributed by atoms with E-state index in [1.807, 2.05) is 48.5 Å². The fourth-order valence-corrected chi connectivity index (χ4v) is 2.23.